The second-order valence-corrected chi connectivity index (χ2v) is 5.70. The van der Waals surface area contributed by atoms with Crippen molar-refractivity contribution in [1.29, 1.82) is 0 Å². The first-order valence-corrected chi connectivity index (χ1v) is 7.50. The first-order chi connectivity index (χ1) is 10.8. The summed E-state index contributed by atoms with van der Waals surface area (Å²) < 4.78 is 36.4. The van der Waals surface area contributed by atoms with Crippen LogP contribution in [0.3, 0.4) is 0 Å². The third-order valence-corrected chi connectivity index (χ3v) is 3.76. The Morgan fingerprint density at radius 1 is 1.30 bits per heavy atom. The van der Waals surface area contributed by atoms with Crippen molar-refractivity contribution >= 4 is 17.5 Å². The van der Waals surface area contributed by atoms with Crippen LogP contribution in [0.15, 0.2) is 24.3 Å². The number of hydrogen-bond donors (Lipinski definition) is 1. The van der Waals surface area contributed by atoms with Gasteiger partial charge in [-0.3, -0.25) is 9.59 Å². The Morgan fingerprint density at radius 2 is 1.96 bits per heavy atom. The minimum Gasteiger partial charge on any atom is -0.344 e. The van der Waals surface area contributed by atoms with E-state index in [1.165, 1.54) is 0 Å². The van der Waals surface area contributed by atoms with Gasteiger partial charge in [0, 0.05) is 18.7 Å². The summed E-state index contributed by atoms with van der Waals surface area (Å²) in [7, 11) is 0. The number of hydrogen-bond acceptors (Lipinski definition) is 2. The molecule has 1 aromatic carbocycles. The second kappa shape index (κ2) is 7.02. The van der Waals surface area contributed by atoms with Crippen molar-refractivity contribution in [2.24, 2.45) is 0 Å². The van der Waals surface area contributed by atoms with E-state index in [1.807, 2.05) is 31.2 Å². The third kappa shape index (κ3) is 4.97. The fraction of sp³-hybridized carbons (Fsp3) is 0.500. The van der Waals surface area contributed by atoms with Gasteiger partial charge in [0.1, 0.15) is 6.04 Å². The van der Waals surface area contributed by atoms with Crippen LogP contribution in [0.2, 0.25) is 0 Å². The lowest BCUT2D eigenvalue weighted by Gasteiger charge is -2.32. The fourth-order valence-electron chi connectivity index (χ4n) is 2.51. The van der Waals surface area contributed by atoms with Gasteiger partial charge >= 0.3 is 6.18 Å². The number of piperidine rings is 1. The van der Waals surface area contributed by atoms with Crippen LogP contribution in [-0.4, -0.2) is 30.6 Å². The van der Waals surface area contributed by atoms with E-state index in [2.05, 4.69) is 5.32 Å². The summed E-state index contributed by atoms with van der Waals surface area (Å²) >= 11 is 0. The van der Waals surface area contributed by atoms with Crippen molar-refractivity contribution in [3.05, 3.63) is 29.8 Å². The number of carbonyl (C=O) groups excluding carboxylic acids is 2. The van der Waals surface area contributed by atoms with Gasteiger partial charge in [-0.2, -0.15) is 13.2 Å². The van der Waals surface area contributed by atoms with Crippen molar-refractivity contribution in [3.63, 3.8) is 0 Å². The van der Waals surface area contributed by atoms with E-state index in [1.54, 1.807) is 4.90 Å². The van der Waals surface area contributed by atoms with Crippen LogP contribution in [0, 0.1) is 6.92 Å². The van der Waals surface area contributed by atoms with Crippen LogP contribution in [0.1, 0.15) is 31.2 Å². The van der Waals surface area contributed by atoms with E-state index in [-0.39, 0.29) is 5.91 Å². The Bertz CT molecular complexity index is 570. The molecule has 126 valence electrons. The Balaban J connectivity index is 1.97. The number of carbonyl (C=O) groups is 2. The van der Waals surface area contributed by atoms with Crippen LogP contribution in [0.5, 0.6) is 0 Å². The number of nitrogens with zero attached hydrogens (tertiary/aromatic N) is 1. The number of amides is 2. The van der Waals surface area contributed by atoms with Crippen molar-refractivity contribution in [2.45, 2.75) is 44.8 Å². The summed E-state index contributed by atoms with van der Waals surface area (Å²) in [4.78, 5) is 25.6. The normalized spacial score (nSPS) is 18.9. The summed E-state index contributed by atoms with van der Waals surface area (Å²) in [5.41, 5.74) is 1.80. The lowest BCUT2D eigenvalue weighted by Crippen LogP contribution is -2.52. The van der Waals surface area contributed by atoms with E-state index in [9.17, 15) is 22.8 Å². The quantitative estimate of drug-likeness (QED) is 0.924. The molecule has 2 amide bonds. The second-order valence-electron chi connectivity index (χ2n) is 5.70. The number of nitrogens with one attached hydrogen (secondary N) is 1. The molecule has 1 aliphatic rings. The number of halogens is 3. The SMILES string of the molecule is Cc1ccc(N2CCC[C@H](NC(=O)CCC(F)(F)F)C2=O)cc1. The zero-order valence-electron chi connectivity index (χ0n) is 12.8. The van der Waals surface area contributed by atoms with Gasteiger partial charge in [-0.1, -0.05) is 17.7 Å². The molecule has 1 N–H and O–H groups in total. The van der Waals surface area contributed by atoms with Crippen LogP contribution in [0.25, 0.3) is 0 Å². The molecule has 7 heteroatoms. The smallest absolute Gasteiger partial charge is 0.344 e. The predicted molar refractivity (Wildman–Crippen MR) is 80.0 cm³/mol. The molecule has 0 aliphatic carbocycles. The molecule has 1 aliphatic heterocycles. The molecule has 0 unspecified atom stereocenters. The van der Waals surface area contributed by atoms with Crippen molar-refractivity contribution in [3.8, 4) is 0 Å². The zero-order valence-corrected chi connectivity index (χ0v) is 12.8. The third-order valence-electron chi connectivity index (χ3n) is 3.76. The monoisotopic (exact) mass is 328 g/mol. The van der Waals surface area contributed by atoms with E-state index in [0.29, 0.717) is 19.4 Å². The summed E-state index contributed by atoms with van der Waals surface area (Å²) in [5, 5.41) is 2.42. The summed E-state index contributed by atoms with van der Waals surface area (Å²) in [6.45, 7) is 2.47. The topological polar surface area (TPSA) is 49.4 Å². The molecule has 1 heterocycles. The first kappa shape index (κ1) is 17.3. The average molecular weight is 328 g/mol. The molecule has 1 saturated heterocycles. The zero-order chi connectivity index (χ0) is 17.0. The number of benzene rings is 1. The van der Waals surface area contributed by atoms with Gasteiger partial charge in [-0.05, 0) is 31.9 Å². The maximum absolute atomic E-state index is 12.4. The van der Waals surface area contributed by atoms with E-state index in [4.69, 9.17) is 0 Å². The van der Waals surface area contributed by atoms with Gasteiger partial charge in [-0.15, -0.1) is 0 Å². The molecule has 4 nitrogen and oxygen atoms in total. The minimum atomic E-state index is -4.37. The molecule has 0 bridgehead atoms. The Kier molecular flexibility index (Phi) is 5.28. The van der Waals surface area contributed by atoms with E-state index >= 15 is 0 Å². The number of aryl methyl sites for hydroxylation is 1. The standard InChI is InChI=1S/C16H19F3N2O2/c1-11-4-6-12(7-5-11)21-10-2-3-13(15(21)23)20-14(22)8-9-16(17,18)19/h4-7,13H,2-3,8-10H2,1H3,(H,20,22)/t13-/m0/s1. The van der Waals surface area contributed by atoms with Gasteiger partial charge in [0.25, 0.3) is 0 Å². The van der Waals surface area contributed by atoms with Gasteiger partial charge in [0.2, 0.25) is 11.8 Å². The minimum absolute atomic E-state index is 0.277. The fourth-order valence-corrected chi connectivity index (χ4v) is 2.51. The van der Waals surface area contributed by atoms with E-state index in [0.717, 1.165) is 11.3 Å². The number of alkyl halides is 3. The lowest BCUT2D eigenvalue weighted by molar-refractivity contribution is -0.144. The molecule has 23 heavy (non-hydrogen) atoms. The molecule has 1 aromatic rings. The molecule has 0 spiro atoms. The molecule has 0 radical (unpaired) electrons. The molecular formula is C16H19F3N2O2. The Morgan fingerprint density at radius 3 is 2.57 bits per heavy atom. The largest absolute Gasteiger partial charge is 0.389 e. The molecule has 2 rings (SSSR count). The van der Waals surface area contributed by atoms with Crippen LogP contribution >= 0.6 is 0 Å². The lowest BCUT2D eigenvalue weighted by atomic mass is 10.0. The van der Waals surface area contributed by atoms with Gasteiger partial charge < -0.3 is 10.2 Å². The van der Waals surface area contributed by atoms with Crippen LogP contribution in [-0.2, 0) is 9.59 Å². The van der Waals surface area contributed by atoms with Crippen molar-refractivity contribution < 1.29 is 22.8 Å². The highest BCUT2D eigenvalue weighted by Crippen LogP contribution is 2.23. The summed E-state index contributed by atoms with van der Waals surface area (Å²) in [6.07, 6.45) is -5.08. The highest BCUT2D eigenvalue weighted by molar-refractivity contribution is 5.99. The molecule has 1 atom stereocenters. The maximum atomic E-state index is 12.4. The highest BCUT2D eigenvalue weighted by atomic mass is 19.4. The maximum Gasteiger partial charge on any atom is 0.389 e. The molecule has 0 aromatic heterocycles. The predicted octanol–water partition coefficient (Wildman–Crippen LogP) is 2.95. The summed E-state index contributed by atoms with van der Waals surface area (Å²) in [6, 6.07) is 6.65. The van der Waals surface area contributed by atoms with E-state index < -0.39 is 31.0 Å². The molecular weight excluding hydrogens is 309 g/mol. The average Bonchev–Trinajstić information content (AvgIpc) is 2.48. The van der Waals surface area contributed by atoms with Gasteiger partial charge in [0.05, 0.1) is 6.42 Å². The highest BCUT2D eigenvalue weighted by Gasteiger charge is 2.32. The number of anilines is 1. The Labute approximate surface area is 132 Å². The molecule has 0 saturated carbocycles. The first-order valence-electron chi connectivity index (χ1n) is 7.50. The number of rotatable bonds is 4. The van der Waals surface area contributed by atoms with Gasteiger partial charge in [-0.25, -0.2) is 0 Å². The van der Waals surface area contributed by atoms with Crippen LogP contribution < -0.4 is 10.2 Å². The van der Waals surface area contributed by atoms with Crippen molar-refractivity contribution in [2.75, 3.05) is 11.4 Å². The van der Waals surface area contributed by atoms with Gasteiger partial charge in [0.15, 0.2) is 0 Å². The van der Waals surface area contributed by atoms with Crippen LogP contribution in [0.4, 0.5) is 18.9 Å². The summed E-state index contributed by atoms with van der Waals surface area (Å²) in [5.74, 6) is -1.02. The van der Waals surface area contributed by atoms with Crippen molar-refractivity contribution in [1.82, 2.24) is 5.32 Å². The Hall–Kier alpha value is -2.05. The molecule has 1 fully saturated rings.